The average Bonchev–Trinajstić information content (AvgIpc) is 2.79. The highest BCUT2D eigenvalue weighted by molar-refractivity contribution is 7.99. The molecule has 0 aromatic carbocycles. The van der Waals surface area contributed by atoms with Crippen LogP contribution in [0.1, 0.15) is 30.8 Å². The second-order valence-electron chi connectivity index (χ2n) is 4.73. The van der Waals surface area contributed by atoms with Crippen LogP contribution in [-0.4, -0.2) is 30.1 Å². The summed E-state index contributed by atoms with van der Waals surface area (Å²) in [5.74, 6) is 4.32. The predicted octanol–water partition coefficient (Wildman–Crippen LogP) is 2.51. The molecule has 0 spiro atoms. The van der Waals surface area contributed by atoms with Crippen LogP contribution < -0.4 is 5.32 Å². The number of hydrogen-bond donors (Lipinski definition) is 1. The van der Waals surface area contributed by atoms with Gasteiger partial charge in [-0.2, -0.15) is 11.8 Å². The van der Waals surface area contributed by atoms with Crippen LogP contribution in [0.3, 0.4) is 0 Å². The number of nitrogens with zero attached hydrogens (tertiary/aromatic N) is 1. The van der Waals surface area contributed by atoms with Crippen molar-refractivity contribution in [3.63, 3.8) is 0 Å². The molecule has 0 radical (unpaired) electrons. The summed E-state index contributed by atoms with van der Waals surface area (Å²) in [4.78, 5) is 4.57. The van der Waals surface area contributed by atoms with Gasteiger partial charge in [-0.05, 0) is 56.7 Å². The van der Waals surface area contributed by atoms with E-state index in [0.717, 1.165) is 43.3 Å². The van der Waals surface area contributed by atoms with Crippen LogP contribution in [0, 0.1) is 5.92 Å². The number of aryl methyl sites for hydroxylation is 1. The molecule has 3 nitrogen and oxygen atoms in total. The van der Waals surface area contributed by atoms with Crippen LogP contribution in [0.2, 0.25) is 0 Å². The molecular weight excluding hydrogens is 232 g/mol. The Bertz CT molecular complexity index is 321. The van der Waals surface area contributed by atoms with E-state index in [1.54, 1.807) is 0 Å². The zero-order valence-electron chi connectivity index (χ0n) is 10.6. The van der Waals surface area contributed by atoms with Gasteiger partial charge in [0.1, 0.15) is 6.26 Å². The van der Waals surface area contributed by atoms with Gasteiger partial charge in [0.2, 0.25) is 0 Å². The molecule has 1 aliphatic heterocycles. The van der Waals surface area contributed by atoms with Crippen LogP contribution in [0.5, 0.6) is 0 Å². The minimum absolute atomic E-state index is 0.776. The SMILES string of the molecule is CNCCCc1coc(CC2CCCSC2)n1. The third-order valence-electron chi connectivity index (χ3n) is 3.18. The van der Waals surface area contributed by atoms with Gasteiger partial charge in [0.25, 0.3) is 0 Å². The van der Waals surface area contributed by atoms with Crippen LogP contribution >= 0.6 is 11.8 Å². The third-order valence-corrected chi connectivity index (χ3v) is 4.46. The van der Waals surface area contributed by atoms with Gasteiger partial charge in [-0.1, -0.05) is 0 Å². The summed E-state index contributed by atoms with van der Waals surface area (Å²) in [6.07, 6.45) is 7.70. The quantitative estimate of drug-likeness (QED) is 0.792. The minimum Gasteiger partial charge on any atom is -0.449 e. The Morgan fingerprint density at radius 3 is 3.29 bits per heavy atom. The van der Waals surface area contributed by atoms with E-state index < -0.39 is 0 Å². The zero-order chi connectivity index (χ0) is 11.9. The second kappa shape index (κ2) is 7.07. The highest BCUT2D eigenvalue weighted by Gasteiger charge is 2.16. The lowest BCUT2D eigenvalue weighted by atomic mass is 10.0. The van der Waals surface area contributed by atoms with Gasteiger partial charge in [0.05, 0.1) is 5.69 Å². The number of hydrogen-bond acceptors (Lipinski definition) is 4. The molecule has 0 bridgehead atoms. The molecule has 1 fully saturated rings. The molecule has 1 aromatic rings. The van der Waals surface area contributed by atoms with Gasteiger partial charge < -0.3 is 9.73 Å². The van der Waals surface area contributed by atoms with E-state index in [4.69, 9.17) is 4.42 Å². The summed E-state index contributed by atoms with van der Waals surface area (Å²) in [5, 5.41) is 3.15. The number of rotatable bonds is 6. The van der Waals surface area contributed by atoms with Gasteiger partial charge in [0.15, 0.2) is 5.89 Å². The van der Waals surface area contributed by atoms with Crippen LogP contribution in [0.15, 0.2) is 10.7 Å². The fourth-order valence-electron chi connectivity index (χ4n) is 2.22. The molecular formula is C13H22N2OS. The molecule has 1 unspecified atom stereocenters. The standard InChI is InChI=1S/C13H22N2OS/c1-14-6-2-5-12-9-16-13(15-12)8-11-4-3-7-17-10-11/h9,11,14H,2-8,10H2,1H3. The van der Waals surface area contributed by atoms with E-state index >= 15 is 0 Å². The maximum atomic E-state index is 5.56. The van der Waals surface area contributed by atoms with E-state index in [2.05, 4.69) is 22.1 Å². The van der Waals surface area contributed by atoms with E-state index in [-0.39, 0.29) is 0 Å². The summed E-state index contributed by atoms with van der Waals surface area (Å²) in [7, 11) is 1.98. The second-order valence-corrected chi connectivity index (χ2v) is 5.88. The van der Waals surface area contributed by atoms with Crippen molar-refractivity contribution in [3.8, 4) is 0 Å². The first-order valence-corrected chi connectivity index (χ1v) is 7.69. The Labute approximate surface area is 108 Å². The van der Waals surface area contributed by atoms with Crippen molar-refractivity contribution in [2.45, 2.75) is 32.1 Å². The maximum Gasteiger partial charge on any atom is 0.194 e. The molecule has 1 atom stereocenters. The molecule has 2 rings (SSSR count). The smallest absolute Gasteiger partial charge is 0.194 e. The highest BCUT2D eigenvalue weighted by Crippen LogP contribution is 2.25. The van der Waals surface area contributed by atoms with E-state index in [0.29, 0.717) is 0 Å². The van der Waals surface area contributed by atoms with Gasteiger partial charge in [-0.3, -0.25) is 0 Å². The Balaban J connectivity index is 1.76. The Hall–Kier alpha value is -0.480. The summed E-state index contributed by atoms with van der Waals surface area (Å²) in [5.41, 5.74) is 1.11. The number of aromatic nitrogens is 1. The number of oxazole rings is 1. The van der Waals surface area contributed by atoms with Crippen LogP contribution in [0.4, 0.5) is 0 Å². The van der Waals surface area contributed by atoms with Gasteiger partial charge in [0, 0.05) is 6.42 Å². The molecule has 1 saturated heterocycles. The minimum atomic E-state index is 0.776. The van der Waals surface area contributed by atoms with E-state index in [1.807, 2.05) is 13.3 Å². The summed E-state index contributed by atoms with van der Waals surface area (Å²) >= 11 is 2.07. The van der Waals surface area contributed by atoms with Crippen molar-refractivity contribution >= 4 is 11.8 Å². The van der Waals surface area contributed by atoms with Crippen molar-refractivity contribution in [1.82, 2.24) is 10.3 Å². The molecule has 0 aliphatic carbocycles. The number of nitrogens with one attached hydrogen (secondary N) is 1. The highest BCUT2D eigenvalue weighted by atomic mass is 32.2. The molecule has 0 amide bonds. The Morgan fingerprint density at radius 1 is 1.59 bits per heavy atom. The maximum absolute atomic E-state index is 5.56. The molecule has 1 aliphatic rings. The fraction of sp³-hybridized carbons (Fsp3) is 0.769. The van der Waals surface area contributed by atoms with E-state index in [9.17, 15) is 0 Å². The van der Waals surface area contributed by atoms with Crippen molar-refractivity contribution in [3.05, 3.63) is 17.8 Å². The monoisotopic (exact) mass is 254 g/mol. The first-order chi connectivity index (χ1) is 8.38. The average molecular weight is 254 g/mol. The van der Waals surface area contributed by atoms with Crippen molar-refractivity contribution in [2.24, 2.45) is 5.92 Å². The Morgan fingerprint density at radius 2 is 2.53 bits per heavy atom. The van der Waals surface area contributed by atoms with Crippen molar-refractivity contribution in [2.75, 3.05) is 25.1 Å². The molecule has 0 saturated carbocycles. The molecule has 1 N–H and O–H groups in total. The fourth-order valence-corrected chi connectivity index (χ4v) is 3.37. The van der Waals surface area contributed by atoms with E-state index in [1.165, 1.54) is 24.3 Å². The molecule has 4 heteroatoms. The van der Waals surface area contributed by atoms with Crippen molar-refractivity contribution < 1.29 is 4.42 Å². The Kier molecular flexibility index (Phi) is 5.39. The molecule has 96 valence electrons. The van der Waals surface area contributed by atoms with Gasteiger partial charge in [-0.25, -0.2) is 4.98 Å². The lowest BCUT2D eigenvalue weighted by molar-refractivity contribution is 0.426. The third kappa shape index (κ3) is 4.36. The summed E-state index contributed by atoms with van der Waals surface area (Å²) < 4.78 is 5.56. The lowest BCUT2D eigenvalue weighted by Gasteiger charge is -2.19. The molecule has 1 aromatic heterocycles. The topological polar surface area (TPSA) is 38.1 Å². The summed E-state index contributed by atoms with van der Waals surface area (Å²) in [6.45, 7) is 1.04. The lowest BCUT2D eigenvalue weighted by Crippen LogP contribution is -2.13. The first-order valence-electron chi connectivity index (χ1n) is 6.54. The van der Waals surface area contributed by atoms with Crippen molar-refractivity contribution in [1.29, 1.82) is 0 Å². The summed E-state index contributed by atoms with van der Waals surface area (Å²) in [6, 6.07) is 0. The zero-order valence-corrected chi connectivity index (χ0v) is 11.4. The molecule has 17 heavy (non-hydrogen) atoms. The van der Waals surface area contributed by atoms with Gasteiger partial charge >= 0.3 is 0 Å². The van der Waals surface area contributed by atoms with Gasteiger partial charge in [-0.15, -0.1) is 0 Å². The van der Waals surface area contributed by atoms with Crippen LogP contribution in [-0.2, 0) is 12.8 Å². The molecule has 2 heterocycles. The predicted molar refractivity (Wildman–Crippen MR) is 72.5 cm³/mol. The largest absolute Gasteiger partial charge is 0.449 e. The normalized spacial score (nSPS) is 20.6. The van der Waals surface area contributed by atoms with Crippen LogP contribution in [0.25, 0.3) is 0 Å². The first kappa shape index (κ1) is 13.0. The number of thioether (sulfide) groups is 1.